The minimum absolute atomic E-state index is 0.232. The Labute approximate surface area is 127 Å². The Kier molecular flexibility index (Phi) is 6.25. The maximum atomic E-state index is 12.1. The van der Waals surface area contributed by atoms with Crippen molar-refractivity contribution in [3.63, 3.8) is 0 Å². The Hall–Kier alpha value is -2.70. The topological polar surface area (TPSA) is 98.8 Å². The van der Waals surface area contributed by atoms with E-state index in [4.69, 9.17) is 0 Å². The van der Waals surface area contributed by atoms with Crippen LogP contribution in [-0.2, 0) is 19.1 Å². The number of amides is 1. The van der Waals surface area contributed by atoms with Crippen LogP contribution >= 0.6 is 0 Å². The van der Waals surface area contributed by atoms with E-state index in [2.05, 4.69) is 14.8 Å². The van der Waals surface area contributed by atoms with Gasteiger partial charge in [0.2, 0.25) is 5.91 Å². The van der Waals surface area contributed by atoms with Gasteiger partial charge in [-0.3, -0.25) is 9.59 Å². The third-order valence-corrected chi connectivity index (χ3v) is 2.88. The number of hydrogen-bond acceptors (Lipinski definition) is 6. The largest absolute Gasteiger partial charge is 0.467 e. The second-order valence-corrected chi connectivity index (χ2v) is 4.47. The molecule has 0 aliphatic carbocycles. The summed E-state index contributed by atoms with van der Waals surface area (Å²) in [5.74, 6) is -2.01. The minimum Gasteiger partial charge on any atom is -0.467 e. The standard InChI is InChI=1S/C15H17NO6/c1-9(17)16-12(15(20)22-3)8-13(18)10-4-6-11(7-5-10)14(19)21-2/h4-7,12H,8H2,1-3H3,(H,16,17)/t12-/m0/s1. The molecule has 0 radical (unpaired) electrons. The van der Waals surface area contributed by atoms with Crippen molar-refractivity contribution in [2.75, 3.05) is 14.2 Å². The summed E-state index contributed by atoms with van der Waals surface area (Å²) in [4.78, 5) is 46.0. The monoisotopic (exact) mass is 307 g/mol. The zero-order valence-electron chi connectivity index (χ0n) is 12.5. The molecule has 7 nitrogen and oxygen atoms in total. The molecular weight excluding hydrogens is 290 g/mol. The van der Waals surface area contributed by atoms with Crippen LogP contribution in [0.4, 0.5) is 0 Å². The van der Waals surface area contributed by atoms with Crippen molar-refractivity contribution in [1.29, 1.82) is 0 Å². The molecule has 0 unspecified atom stereocenters. The SMILES string of the molecule is COC(=O)c1ccc(C(=O)C[C@H](NC(C)=O)C(=O)OC)cc1. The summed E-state index contributed by atoms with van der Waals surface area (Å²) in [7, 11) is 2.43. The molecule has 0 bridgehead atoms. The molecule has 1 aromatic carbocycles. The van der Waals surface area contributed by atoms with E-state index < -0.39 is 23.9 Å². The van der Waals surface area contributed by atoms with Crippen molar-refractivity contribution in [3.8, 4) is 0 Å². The summed E-state index contributed by atoms with van der Waals surface area (Å²) in [6.07, 6.45) is -0.232. The van der Waals surface area contributed by atoms with Gasteiger partial charge in [0.25, 0.3) is 0 Å². The van der Waals surface area contributed by atoms with Gasteiger partial charge in [0, 0.05) is 18.9 Å². The van der Waals surface area contributed by atoms with Gasteiger partial charge >= 0.3 is 11.9 Å². The first-order valence-electron chi connectivity index (χ1n) is 6.45. The smallest absolute Gasteiger partial charge is 0.337 e. The molecule has 1 N–H and O–H groups in total. The van der Waals surface area contributed by atoms with E-state index in [0.717, 1.165) is 0 Å². The quantitative estimate of drug-likeness (QED) is 0.614. The van der Waals surface area contributed by atoms with Crippen molar-refractivity contribution in [2.45, 2.75) is 19.4 Å². The van der Waals surface area contributed by atoms with Gasteiger partial charge in [-0.15, -0.1) is 0 Å². The third-order valence-electron chi connectivity index (χ3n) is 2.88. The minimum atomic E-state index is -1.05. The number of nitrogens with one attached hydrogen (secondary N) is 1. The van der Waals surface area contributed by atoms with Crippen LogP contribution in [0.1, 0.15) is 34.1 Å². The highest BCUT2D eigenvalue weighted by atomic mass is 16.5. The zero-order valence-corrected chi connectivity index (χ0v) is 12.5. The number of ether oxygens (including phenoxy) is 2. The fourth-order valence-electron chi connectivity index (χ4n) is 1.79. The van der Waals surface area contributed by atoms with Crippen molar-refractivity contribution in [1.82, 2.24) is 5.32 Å². The lowest BCUT2D eigenvalue weighted by Crippen LogP contribution is -2.41. The number of ketones is 1. The number of methoxy groups -OCH3 is 2. The summed E-state index contributed by atoms with van der Waals surface area (Å²) >= 11 is 0. The van der Waals surface area contributed by atoms with Crippen LogP contribution < -0.4 is 5.32 Å². The molecule has 0 spiro atoms. The van der Waals surface area contributed by atoms with Crippen LogP contribution in [-0.4, -0.2) is 43.9 Å². The van der Waals surface area contributed by atoms with E-state index in [1.807, 2.05) is 0 Å². The van der Waals surface area contributed by atoms with Crippen molar-refractivity contribution in [2.24, 2.45) is 0 Å². The Morgan fingerprint density at radius 1 is 1.00 bits per heavy atom. The summed E-state index contributed by atoms with van der Waals surface area (Å²) in [6.45, 7) is 1.24. The maximum absolute atomic E-state index is 12.1. The summed E-state index contributed by atoms with van der Waals surface area (Å²) in [6, 6.07) is 4.76. The highest BCUT2D eigenvalue weighted by Crippen LogP contribution is 2.10. The fourth-order valence-corrected chi connectivity index (χ4v) is 1.79. The average Bonchev–Trinajstić information content (AvgIpc) is 2.52. The van der Waals surface area contributed by atoms with Crippen LogP contribution in [0, 0.1) is 0 Å². The Morgan fingerprint density at radius 2 is 1.55 bits per heavy atom. The molecule has 0 aliphatic rings. The van der Waals surface area contributed by atoms with E-state index in [1.54, 1.807) is 0 Å². The zero-order chi connectivity index (χ0) is 16.7. The van der Waals surface area contributed by atoms with Crippen molar-refractivity contribution >= 4 is 23.6 Å². The fraction of sp³-hybridized carbons (Fsp3) is 0.333. The Balaban J connectivity index is 2.83. The first kappa shape index (κ1) is 17.4. The molecule has 1 aromatic rings. The van der Waals surface area contributed by atoms with Gasteiger partial charge in [-0.25, -0.2) is 9.59 Å². The van der Waals surface area contributed by atoms with Gasteiger partial charge < -0.3 is 14.8 Å². The van der Waals surface area contributed by atoms with Crippen LogP contribution in [0.3, 0.4) is 0 Å². The van der Waals surface area contributed by atoms with E-state index in [9.17, 15) is 19.2 Å². The van der Waals surface area contributed by atoms with Gasteiger partial charge in [-0.05, 0) is 12.1 Å². The lowest BCUT2D eigenvalue weighted by Gasteiger charge is -2.14. The number of carbonyl (C=O) groups excluding carboxylic acids is 4. The van der Waals surface area contributed by atoms with Crippen LogP contribution in [0.2, 0.25) is 0 Å². The summed E-state index contributed by atoms with van der Waals surface area (Å²) < 4.78 is 9.11. The number of carbonyl (C=O) groups is 4. The molecule has 0 aliphatic heterocycles. The lowest BCUT2D eigenvalue weighted by atomic mass is 10.0. The van der Waals surface area contributed by atoms with Crippen LogP contribution in [0.25, 0.3) is 0 Å². The molecular formula is C15H17NO6. The molecule has 1 amide bonds. The van der Waals surface area contributed by atoms with Gasteiger partial charge in [-0.2, -0.15) is 0 Å². The summed E-state index contributed by atoms with van der Waals surface area (Å²) in [5.41, 5.74) is 0.623. The molecule has 0 heterocycles. The first-order valence-corrected chi connectivity index (χ1v) is 6.45. The number of esters is 2. The van der Waals surface area contributed by atoms with Gasteiger partial charge in [0.1, 0.15) is 6.04 Å². The number of Topliss-reactive ketones (excluding diaryl/α,β-unsaturated/α-hetero) is 1. The van der Waals surface area contributed by atoms with Crippen molar-refractivity contribution in [3.05, 3.63) is 35.4 Å². The Morgan fingerprint density at radius 3 is 2.00 bits per heavy atom. The Bertz CT molecular complexity index is 578. The summed E-state index contributed by atoms with van der Waals surface area (Å²) in [5, 5.41) is 2.36. The maximum Gasteiger partial charge on any atom is 0.337 e. The number of hydrogen-bond donors (Lipinski definition) is 1. The molecule has 0 aromatic heterocycles. The normalized spacial score (nSPS) is 11.2. The first-order chi connectivity index (χ1) is 10.4. The molecule has 7 heteroatoms. The molecule has 0 fully saturated rings. The van der Waals surface area contributed by atoms with E-state index >= 15 is 0 Å². The van der Waals surface area contributed by atoms with Crippen LogP contribution in [0.5, 0.6) is 0 Å². The number of rotatable bonds is 6. The molecule has 0 saturated carbocycles. The number of benzene rings is 1. The molecule has 1 atom stereocenters. The second kappa shape index (κ2) is 7.92. The van der Waals surface area contributed by atoms with E-state index in [1.165, 1.54) is 45.4 Å². The highest BCUT2D eigenvalue weighted by Gasteiger charge is 2.24. The molecule has 22 heavy (non-hydrogen) atoms. The third kappa shape index (κ3) is 4.69. The second-order valence-electron chi connectivity index (χ2n) is 4.47. The van der Waals surface area contributed by atoms with E-state index in [-0.39, 0.29) is 12.2 Å². The molecule has 1 rings (SSSR count). The predicted octanol–water partition coefficient (Wildman–Crippen LogP) is 0.724. The molecule has 118 valence electrons. The molecule has 0 saturated heterocycles. The van der Waals surface area contributed by atoms with Gasteiger partial charge in [0.05, 0.1) is 19.8 Å². The van der Waals surface area contributed by atoms with E-state index in [0.29, 0.717) is 11.1 Å². The van der Waals surface area contributed by atoms with Gasteiger partial charge in [0.15, 0.2) is 5.78 Å². The lowest BCUT2D eigenvalue weighted by molar-refractivity contribution is -0.144. The van der Waals surface area contributed by atoms with Crippen molar-refractivity contribution < 1.29 is 28.7 Å². The highest BCUT2D eigenvalue weighted by molar-refractivity contribution is 6.00. The van der Waals surface area contributed by atoms with Gasteiger partial charge in [-0.1, -0.05) is 12.1 Å². The van der Waals surface area contributed by atoms with Crippen LogP contribution in [0.15, 0.2) is 24.3 Å². The predicted molar refractivity (Wildman–Crippen MR) is 76.3 cm³/mol. The average molecular weight is 307 g/mol.